The standard InChI is InChI=1S/C28H25ClN4O3S/c1-17-6-8-19(9-7-17)24-15-23(18-10-12-22(36-2)13-11-18)32-33(24)28-31-27(35)25(37-28)16-26(34)30-21-5-3-4-20(29)14-21/h3-14,24-25H,15-16H2,1-2H3,(H,30,34)/t24-,25+/m1/s1. The molecule has 0 bridgehead atoms. The Hall–Kier alpha value is -3.62. The zero-order valence-electron chi connectivity index (χ0n) is 20.3. The van der Waals surface area contributed by atoms with Crippen LogP contribution in [0.15, 0.2) is 82.9 Å². The molecule has 0 aliphatic carbocycles. The van der Waals surface area contributed by atoms with Crippen LogP contribution in [0.2, 0.25) is 5.02 Å². The molecule has 1 N–H and O–H groups in total. The molecule has 2 atom stereocenters. The number of hydrogen-bond acceptors (Lipinski definition) is 6. The SMILES string of the molecule is COc1ccc(C2=NN(C3=NC(=O)[C@H](CC(=O)Nc4cccc(Cl)c4)S3)[C@@H](c3ccc(C)cc3)C2)cc1. The van der Waals surface area contributed by atoms with Crippen LogP contribution >= 0.6 is 23.4 Å². The van der Waals surface area contributed by atoms with Gasteiger partial charge in [-0.2, -0.15) is 10.1 Å². The van der Waals surface area contributed by atoms with Gasteiger partial charge in [0.1, 0.15) is 11.0 Å². The number of hydrazone groups is 1. The highest BCUT2D eigenvalue weighted by Gasteiger charge is 2.39. The van der Waals surface area contributed by atoms with E-state index in [1.54, 1.807) is 31.4 Å². The van der Waals surface area contributed by atoms with Crippen LogP contribution < -0.4 is 10.1 Å². The summed E-state index contributed by atoms with van der Waals surface area (Å²) in [6, 6.07) is 22.8. The first kappa shape index (κ1) is 25.0. The molecular formula is C28H25ClN4O3S. The van der Waals surface area contributed by atoms with Crippen molar-refractivity contribution in [2.75, 3.05) is 12.4 Å². The highest BCUT2D eigenvalue weighted by Crippen LogP contribution is 2.39. The highest BCUT2D eigenvalue weighted by molar-refractivity contribution is 8.15. The zero-order valence-corrected chi connectivity index (χ0v) is 21.9. The minimum absolute atomic E-state index is 0.00109. The number of halogens is 1. The molecule has 3 aromatic carbocycles. The summed E-state index contributed by atoms with van der Waals surface area (Å²) in [7, 11) is 1.63. The van der Waals surface area contributed by atoms with Crippen molar-refractivity contribution in [1.29, 1.82) is 0 Å². The normalized spacial score (nSPS) is 19.0. The number of methoxy groups -OCH3 is 1. The molecule has 0 spiro atoms. The lowest BCUT2D eigenvalue weighted by molar-refractivity contribution is -0.121. The number of ether oxygens (including phenoxy) is 1. The van der Waals surface area contributed by atoms with Crippen LogP contribution in [0.1, 0.15) is 35.6 Å². The molecule has 5 rings (SSSR count). The Labute approximate surface area is 224 Å². The van der Waals surface area contributed by atoms with E-state index in [9.17, 15) is 9.59 Å². The largest absolute Gasteiger partial charge is 0.497 e. The second kappa shape index (κ2) is 10.8. The third-order valence-corrected chi connectivity index (χ3v) is 7.58. The van der Waals surface area contributed by atoms with Crippen LogP contribution in [0.3, 0.4) is 0 Å². The Morgan fingerprint density at radius 1 is 1.14 bits per heavy atom. The Balaban J connectivity index is 1.35. The van der Waals surface area contributed by atoms with Gasteiger partial charge in [-0.05, 0) is 60.5 Å². The molecule has 3 aromatic rings. The number of amides is 2. The predicted octanol–water partition coefficient (Wildman–Crippen LogP) is 5.83. The van der Waals surface area contributed by atoms with Gasteiger partial charge in [-0.15, -0.1) is 0 Å². The quantitative estimate of drug-likeness (QED) is 0.431. The summed E-state index contributed by atoms with van der Waals surface area (Å²) in [6.07, 6.45) is 0.657. The summed E-state index contributed by atoms with van der Waals surface area (Å²) in [4.78, 5) is 29.7. The second-order valence-corrected chi connectivity index (χ2v) is 10.5. The lowest BCUT2D eigenvalue weighted by atomic mass is 9.98. The average Bonchev–Trinajstić information content (AvgIpc) is 3.48. The van der Waals surface area contributed by atoms with Crippen molar-refractivity contribution >= 4 is 51.7 Å². The van der Waals surface area contributed by atoms with Gasteiger partial charge in [0.2, 0.25) is 5.91 Å². The number of amidine groups is 1. The molecule has 188 valence electrons. The molecule has 0 fully saturated rings. The first-order valence-electron chi connectivity index (χ1n) is 11.8. The van der Waals surface area contributed by atoms with E-state index >= 15 is 0 Å². The zero-order chi connectivity index (χ0) is 25.9. The topological polar surface area (TPSA) is 83.4 Å². The first-order chi connectivity index (χ1) is 17.9. The number of nitrogens with zero attached hydrogens (tertiary/aromatic N) is 3. The van der Waals surface area contributed by atoms with Crippen molar-refractivity contribution in [2.24, 2.45) is 10.1 Å². The molecule has 0 aromatic heterocycles. The predicted molar refractivity (Wildman–Crippen MR) is 148 cm³/mol. The number of rotatable bonds is 6. The molecule has 0 radical (unpaired) electrons. The number of carbonyl (C=O) groups is 2. The summed E-state index contributed by atoms with van der Waals surface area (Å²) < 4.78 is 5.28. The maximum atomic E-state index is 12.8. The molecule has 9 heteroatoms. The Morgan fingerprint density at radius 2 is 1.89 bits per heavy atom. The van der Waals surface area contributed by atoms with Crippen LogP contribution in [0.4, 0.5) is 5.69 Å². The minimum Gasteiger partial charge on any atom is -0.497 e. The van der Waals surface area contributed by atoms with E-state index in [1.165, 1.54) is 11.8 Å². The van der Waals surface area contributed by atoms with Gasteiger partial charge >= 0.3 is 0 Å². The Morgan fingerprint density at radius 3 is 2.59 bits per heavy atom. The van der Waals surface area contributed by atoms with Gasteiger partial charge in [-0.25, -0.2) is 5.01 Å². The summed E-state index contributed by atoms with van der Waals surface area (Å²) in [5.74, 6) is 0.162. The molecule has 0 saturated carbocycles. The van der Waals surface area contributed by atoms with Crippen molar-refractivity contribution in [3.05, 3.63) is 94.5 Å². The van der Waals surface area contributed by atoms with Crippen molar-refractivity contribution in [3.63, 3.8) is 0 Å². The van der Waals surface area contributed by atoms with Gasteiger partial charge in [0.05, 0.1) is 18.9 Å². The number of nitrogens with one attached hydrogen (secondary N) is 1. The molecule has 2 amide bonds. The van der Waals surface area contributed by atoms with Crippen LogP contribution in [-0.2, 0) is 9.59 Å². The van der Waals surface area contributed by atoms with E-state index in [0.29, 0.717) is 22.3 Å². The van der Waals surface area contributed by atoms with Gasteiger partial charge in [0, 0.05) is 23.6 Å². The Kier molecular flexibility index (Phi) is 7.30. The molecule has 37 heavy (non-hydrogen) atoms. The Bertz CT molecular complexity index is 1390. The van der Waals surface area contributed by atoms with Gasteiger partial charge in [-0.1, -0.05) is 59.3 Å². The molecule has 2 heterocycles. The number of anilines is 1. The van der Waals surface area contributed by atoms with Gasteiger partial charge in [-0.3, -0.25) is 9.59 Å². The smallest absolute Gasteiger partial charge is 0.262 e. The maximum Gasteiger partial charge on any atom is 0.262 e. The molecule has 2 aliphatic heterocycles. The molecule has 2 aliphatic rings. The van der Waals surface area contributed by atoms with Crippen LogP contribution in [0.25, 0.3) is 0 Å². The molecule has 0 unspecified atom stereocenters. The number of thioether (sulfide) groups is 1. The summed E-state index contributed by atoms with van der Waals surface area (Å²) in [6.45, 7) is 2.05. The fourth-order valence-electron chi connectivity index (χ4n) is 4.24. The highest BCUT2D eigenvalue weighted by atomic mass is 35.5. The number of aryl methyl sites for hydroxylation is 1. The number of carbonyl (C=O) groups excluding carboxylic acids is 2. The van der Waals surface area contributed by atoms with Crippen molar-refractivity contribution < 1.29 is 14.3 Å². The summed E-state index contributed by atoms with van der Waals surface area (Å²) >= 11 is 7.28. The minimum atomic E-state index is -0.618. The molecule has 0 saturated heterocycles. The number of benzene rings is 3. The van der Waals surface area contributed by atoms with E-state index in [2.05, 4.69) is 34.6 Å². The van der Waals surface area contributed by atoms with Gasteiger partial charge < -0.3 is 10.1 Å². The van der Waals surface area contributed by atoms with Gasteiger partial charge in [0.15, 0.2) is 5.17 Å². The molecular weight excluding hydrogens is 508 g/mol. The van der Waals surface area contributed by atoms with Crippen LogP contribution in [-0.4, -0.2) is 40.1 Å². The molecule has 7 nitrogen and oxygen atoms in total. The second-order valence-electron chi connectivity index (χ2n) is 8.85. The number of hydrogen-bond donors (Lipinski definition) is 1. The van der Waals surface area contributed by atoms with E-state index in [4.69, 9.17) is 21.4 Å². The van der Waals surface area contributed by atoms with E-state index in [0.717, 1.165) is 28.2 Å². The first-order valence-corrected chi connectivity index (χ1v) is 13.1. The van der Waals surface area contributed by atoms with E-state index in [-0.39, 0.29) is 24.3 Å². The van der Waals surface area contributed by atoms with Crippen molar-refractivity contribution in [2.45, 2.75) is 31.1 Å². The summed E-state index contributed by atoms with van der Waals surface area (Å²) in [5, 5.41) is 9.92. The van der Waals surface area contributed by atoms with E-state index in [1.807, 2.05) is 36.2 Å². The van der Waals surface area contributed by atoms with Crippen molar-refractivity contribution in [3.8, 4) is 5.75 Å². The van der Waals surface area contributed by atoms with E-state index < -0.39 is 5.25 Å². The number of aliphatic imine (C=N–C) groups is 1. The van der Waals surface area contributed by atoms with Crippen LogP contribution in [0, 0.1) is 6.92 Å². The average molecular weight is 533 g/mol. The fraction of sp³-hybridized carbons (Fsp3) is 0.214. The lowest BCUT2D eigenvalue weighted by Crippen LogP contribution is -2.25. The monoisotopic (exact) mass is 532 g/mol. The lowest BCUT2D eigenvalue weighted by Gasteiger charge is -2.23. The maximum absolute atomic E-state index is 12.8. The third-order valence-electron chi connectivity index (χ3n) is 6.20. The third kappa shape index (κ3) is 5.70. The summed E-state index contributed by atoms with van der Waals surface area (Å²) in [5.41, 5.74) is 4.70. The van der Waals surface area contributed by atoms with Crippen LogP contribution in [0.5, 0.6) is 5.75 Å². The van der Waals surface area contributed by atoms with Gasteiger partial charge in [0.25, 0.3) is 5.91 Å². The fourth-order valence-corrected chi connectivity index (χ4v) is 5.50. The van der Waals surface area contributed by atoms with Crippen molar-refractivity contribution in [1.82, 2.24) is 5.01 Å².